The van der Waals surface area contributed by atoms with Crippen LogP contribution in [0.4, 0.5) is 11.4 Å². The normalized spacial score (nSPS) is 16.6. The molecule has 6 nitrogen and oxygen atoms in total. The van der Waals surface area contributed by atoms with E-state index in [0.717, 1.165) is 35.5 Å². The second-order valence-electron chi connectivity index (χ2n) is 6.50. The minimum atomic E-state index is -1.05. The van der Waals surface area contributed by atoms with Gasteiger partial charge in [0.1, 0.15) is 5.75 Å². The molecule has 1 saturated carbocycles. The molecule has 2 aromatic rings. The number of hydrogen-bond acceptors (Lipinski definition) is 5. The number of para-hydroxylation sites is 1. The minimum Gasteiger partial charge on any atom is -0.496 e. The zero-order valence-corrected chi connectivity index (χ0v) is 15.0. The number of carboxylic acids is 1. The lowest BCUT2D eigenvalue weighted by Gasteiger charge is -2.36. The van der Waals surface area contributed by atoms with Gasteiger partial charge in [-0.05, 0) is 54.6 Å². The van der Waals surface area contributed by atoms with Crippen molar-refractivity contribution >= 4 is 35.2 Å². The number of carbonyl (C=O) groups is 2. The van der Waals surface area contributed by atoms with Crippen LogP contribution in [0.1, 0.15) is 35.2 Å². The molecule has 7 heteroatoms. The van der Waals surface area contributed by atoms with Crippen molar-refractivity contribution < 1.29 is 19.4 Å². The summed E-state index contributed by atoms with van der Waals surface area (Å²) < 4.78 is 8.53. The zero-order valence-electron chi connectivity index (χ0n) is 14.2. The molecule has 4 rings (SSSR count). The standard InChI is InChI=1S/C19H18N2O4S/c1-25-14-5-2-3-6-15(14)26-21-11-9-12(17(22)23)16-13(10-11)19(7-4-8-19)18(24)20-16/h2-3,5-6,9-10,21H,4,7-8H2,1H3,(H,20,24)(H,22,23). The van der Waals surface area contributed by atoms with E-state index in [1.54, 1.807) is 13.2 Å². The monoisotopic (exact) mass is 370 g/mol. The number of amides is 1. The van der Waals surface area contributed by atoms with E-state index in [9.17, 15) is 14.7 Å². The van der Waals surface area contributed by atoms with Gasteiger partial charge in [0.15, 0.2) is 0 Å². The fourth-order valence-corrected chi connectivity index (χ4v) is 4.33. The number of methoxy groups -OCH3 is 1. The summed E-state index contributed by atoms with van der Waals surface area (Å²) in [6.07, 6.45) is 2.49. The van der Waals surface area contributed by atoms with E-state index >= 15 is 0 Å². The van der Waals surface area contributed by atoms with Crippen LogP contribution in [0.25, 0.3) is 0 Å². The number of carbonyl (C=O) groups excluding carboxylic acids is 1. The highest BCUT2D eigenvalue weighted by molar-refractivity contribution is 8.00. The first-order chi connectivity index (χ1) is 12.5. The smallest absolute Gasteiger partial charge is 0.337 e. The average molecular weight is 370 g/mol. The first-order valence-corrected chi connectivity index (χ1v) is 9.16. The Kier molecular flexibility index (Phi) is 4.03. The summed E-state index contributed by atoms with van der Waals surface area (Å²) in [5, 5.41) is 12.4. The Hall–Kier alpha value is -2.67. The Balaban J connectivity index is 1.69. The number of aromatic carboxylic acids is 1. The fraction of sp³-hybridized carbons (Fsp3) is 0.263. The number of rotatable bonds is 5. The van der Waals surface area contributed by atoms with Crippen LogP contribution in [-0.2, 0) is 10.2 Å². The molecule has 1 amide bonds. The molecule has 0 atom stereocenters. The third-order valence-electron chi connectivity index (χ3n) is 5.11. The largest absolute Gasteiger partial charge is 0.496 e. The maximum atomic E-state index is 12.4. The number of ether oxygens (including phenoxy) is 1. The van der Waals surface area contributed by atoms with Crippen molar-refractivity contribution in [3.05, 3.63) is 47.5 Å². The molecular weight excluding hydrogens is 352 g/mol. The first-order valence-electron chi connectivity index (χ1n) is 8.34. The Morgan fingerprint density at radius 2 is 2.08 bits per heavy atom. The van der Waals surface area contributed by atoms with Crippen LogP contribution in [0.3, 0.4) is 0 Å². The van der Waals surface area contributed by atoms with Gasteiger partial charge in [0, 0.05) is 5.69 Å². The summed E-state index contributed by atoms with van der Waals surface area (Å²) >= 11 is 1.34. The lowest BCUT2D eigenvalue weighted by molar-refractivity contribution is -0.123. The highest BCUT2D eigenvalue weighted by atomic mass is 32.2. The van der Waals surface area contributed by atoms with E-state index < -0.39 is 11.4 Å². The number of hydrogen-bond donors (Lipinski definition) is 3. The van der Waals surface area contributed by atoms with Crippen molar-refractivity contribution in [3.8, 4) is 5.75 Å². The summed E-state index contributed by atoms with van der Waals surface area (Å²) in [4.78, 5) is 25.0. The van der Waals surface area contributed by atoms with E-state index in [1.807, 2.05) is 30.3 Å². The van der Waals surface area contributed by atoms with Gasteiger partial charge in [-0.15, -0.1) is 0 Å². The Bertz CT molecular complexity index is 908. The van der Waals surface area contributed by atoms with Crippen molar-refractivity contribution in [1.82, 2.24) is 0 Å². The molecule has 2 aromatic carbocycles. The summed E-state index contributed by atoms with van der Waals surface area (Å²) in [7, 11) is 1.61. The van der Waals surface area contributed by atoms with Crippen molar-refractivity contribution in [2.24, 2.45) is 0 Å². The van der Waals surface area contributed by atoms with Crippen molar-refractivity contribution in [3.63, 3.8) is 0 Å². The molecule has 1 spiro atoms. The summed E-state index contributed by atoms with van der Waals surface area (Å²) in [6.45, 7) is 0. The molecule has 0 saturated heterocycles. The predicted octanol–water partition coefficient (Wildman–Crippen LogP) is 3.89. The molecule has 1 aliphatic carbocycles. The summed E-state index contributed by atoms with van der Waals surface area (Å²) in [6, 6.07) is 11.0. The van der Waals surface area contributed by atoms with E-state index in [-0.39, 0.29) is 11.5 Å². The van der Waals surface area contributed by atoms with E-state index in [1.165, 1.54) is 11.9 Å². The molecule has 1 fully saturated rings. The van der Waals surface area contributed by atoms with Gasteiger partial charge in [0.25, 0.3) is 0 Å². The second-order valence-corrected chi connectivity index (χ2v) is 7.34. The SMILES string of the molecule is COc1ccccc1SNc1cc(C(=O)O)c2c(c1)C1(CCC1)C(=O)N2. The third-order valence-corrected chi connectivity index (χ3v) is 6.01. The maximum absolute atomic E-state index is 12.4. The molecular formula is C19H18N2O4S. The van der Waals surface area contributed by atoms with Crippen LogP contribution >= 0.6 is 11.9 Å². The van der Waals surface area contributed by atoms with Crippen LogP contribution in [0.15, 0.2) is 41.3 Å². The van der Waals surface area contributed by atoms with Crippen LogP contribution < -0.4 is 14.8 Å². The second kappa shape index (κ2) is 6.25. The topological polar surface area (TPSA) is 87.7 Å². The Morgan fingerprint density at radius 1 is 1.31 bits per heavy atom. The molecule has 2 aliphatic rings. The van der Waals surface area contributed by atoms with Gasteiger partial charge < -0.3 is 19.9 Å². The zero-order chi connectivity index (χ0) is 18.3. The molecule has 0 unspecified atom stereocenters. The molecule has 26 heavy (non-hydrogen) atoms. The van der Waals surface area contributed by atoms with Gasteiger partial charge >= 0.3 is 5.97 Å². The quantitative estimate of drug-likeness (QED) is 0.692. The van der Waals surface area contributed by atoms with Crippen LogP contribution in [-0.4, -0.2) is 24.1 Å². The Labute approximate surface area is 155 Å². The van der Waals surface area contributed by atoms with Crippen LogP contribution in [0, 0.1) is 0 Å². The first kappa shape index (κ1) is 16.8. The Morgan fingerprint density at radius 3 is 2.73 bits per heavy atom. The lowest BCUT2D eigenvalue weighted by atomic mass is 9.65. The minimum absolute atomic E-state index is 0.0872. The van der Waals surface area contributed by atoms with Gasteiger partial charge in [-0.3, -0.25) is 4.79 Å². The third kappa shape index (κ3) is 2.50. The number of benzene rings is 2. The van der Waals surface area contributed by atoms with Gasteiger partial charge in [0.2, 0.25) is 5.91 Å². The summed E-state index contributed by atoms with van der Waals surface area (Å²) in [5.41, 5.74) is 1.43. The average Bonchev–Trinajstić information content (AvgIpc) is 2.91. The molecule has 1 aliphatic heterocycles. The fourth-order valence-electron chi connectivity index (χ4n) is 3.58. The van der Waals surface area contributed by atoms with Gasteiger partial charge in [0.05, 0.1) is 28.7 Å². The number of anilines is 2. The van der Waals surface area contributed by atoms with Crippen LogP contribution in [0.5, 0.6) is 5.75 Å². The maximum Gasteiger partial charge on any atom is 0.337 e. The molecule has 0 bridgehead atoms. The van der Waals surface area contributed by atoms with Gasteiger partial charge in [-0.2, -0.15) is 0 Å². The van der Waals surface area contributed by atoms with Gasteiger partial charge in [-0.1, -0.05) is 18.6 Å². The summed E-state index contributed by atoms with van der Waals surface area (Å²) in [5.74, 6) is -0.406. The van der Waals surface area contributed by atoms with Crippen molar-refractivity contribution in [1.29, 1.82) is 0 Å². The van der Waals surface area contributed by atoms with Crippen molar-refractivity contribution in [2.75, 3.05) is 17.1 Å². The van der Waals surface area contributed by atoms with E-state index in [4.69, 9.17) is 4.74 Å². The van der Waals surface area contributed by atoms with Gasteiger partial charge in [-0.25, -0.2) is 4.79 Å². The molecule has 3 N–H and O–H groups in total. The molecule has 1 heterocycles. The predicted molar refractivity (Wildman–Crippen MR) is 100 cm³/mol. The van der Waals surface area contributed by atoms with Crippen molar-refractivity contribution in [2.45, 2.75) is 29.6 Å². The number of carboxylic acid groups (broad SMARTS) is 1. The number of fused-ring (bicyclic) bond motifs is 2. The molecule has 0 aromatic heterocycles. The van der Waals surface area contributed by atoms with E-state index in [0.29, 0.717) is 11.4 Å². The highest BCUT2D eigenvalue weighted by Crippen LogP contribution is 2.53. The molecule has 0 radical (unpaired) electrons. The van der Waals surface area contributed by atoms with E-state index in [2.05, 4.69) is 10.0 Å². The highest BCUT2D eigenvalue weighted by Gasteiger charge is 2.52. The molecule has 134 valence electrons. The lowest BCUT2D eigenvalue weighted by Crippen LogP contribution is -2.40. The number of nitrogens with one attached hydrogen (secondary N) is 2. The van der Waals surface area contributed by atoms with Crippen LogP contribution in [0.2, 0.25) is 0 Å².